The lowest BCUT2D eigenvalue weighted by atomic mass is 9.91. The normalized spacial score (nSPS) is 17.6. The van der Waals surface area contributed by atoms with E-state index in [9.17, 15) is 18.0 Å². The fraction of sp³-hybridized carbons (Fsp3) is 0.600. The van der Waals surface area contributed by atoms with Crippen molar-refractivity contribution in [2.24, 2.45) is 11.3 Å². The molecule has 1 atom stereocenters. The van der Waals surface area contributed by atoms with Crippen molar-refractivity contribution in [2.45, 2.75) is 40.5 Å². The fourth-order valence-corrected chi connectivity index (χ4v) is 3.84. The summed E-state index contributed by atoms with van der Waals surface area (Å²) in [6, 6.07) is 4.75. The molecule has 0 spiro atoms. The first-order valence-electron chi connectivity index (χ1n) is 9.75. The molecule has 0 bridgehead atoms. The molecule has 1 heterocycles. The Morgan fingerprint density at radius 1 is 1.28 bits per heavy atom. The Morgan fingerprint density at radius 3 is 2.55 bits per heavy atom. The molecule has 1 aromatic carbocycles. The van der Waals surface area contributed by atoms with E-state index in [2.05, 4.69) is 10.0 Å². The second-order valence-corrected chi connectivity index (χ2v) is 10.3. The van der Waals surface area contributed by atoms with Crippen LogP contribution in [0.15, 0.2) is 18.2 Å². The molecule has 1 aliphatic rings. The summed E-state index contributed by atoms with van der Waals surface area (Å²) in [5.41, 5.74) is 0.338. The fourth-order valence-electron chi connectivity index (χ4n) is 3.19. The minimum absolute atomic E-state index is 0.0456. The molecular formula is C20H31N3O5S. The van der Waals surface area contributed by atoms with Gasteiger partial charge >= 0.3 is 0 Å². The number of rotatable bonds is 6. The number of amides is 2. The van der Waals surface area contributed by atoms with Gasteiger partial charge in [0.15, 0.2) is 0 Å². The Kier molecular flexibility index (Phi) is 7.15. The van der Waals surface area contributed by atoms with Crippen molar-refractivity contribution in [3.63, 3.8) is 0 Å². The maximum absolute atomic E-state index is 12.7. The first-order chi connectivity index (χ1) is 13.5. The van der Waals surface area contributed by atoms with Crippen LogP contribution in [-0.2, 0) is 19.6 Å². The number of methoxy groups -OCH3 is 1. The number of nitrogens with one attached hydrogen (secondary N) is 2. The van der Waals surface area contributed by atoms with Gasteiger partial charge in [0, 0.05) is 30.3 Å². The van der Waals surface area contributed by atoms with Crippen LogP contribution in [0.3, 0.4) is 0 Å². The Morgan fingerprint density at radius 2 is 1.97 bits per heavy atom. The van der Waals surface area contributed by atoms with Crippen molar-refractivity contribution in [3.05, 3.63) is 18.2 Å². The topological polar surface area (TPSA) is 105 Å². The lowest BCUT2D eigenvalue weighted by Crippen LogP contribution is -2.47. The zero-order valence-electron chi connectivity index (χ0n) is 17.7. The minimum Gasteiger partial charge on any atom is -0.494 e. The van der Waals surface area contributed by atoms with E-state index in [1.165, 1.54) is 7.11 Å². The van der Waals surface area contributed by atoms with Crippen LogP contribution in [0.2, 0.25) is 0 Å². The lowest BCUT2D eigenvalue weighted by Gasteiger charge is -2.35. The summed E-state index contributed by atoms with van der Waals surface area (Å²) < 4.78 is 31.3. The van der Waals surface area contributed by atoms with Gasteiger partial charge < -0.3 is 15.0 Å². The van der Waals surface area contributed by atoms with E-state index < -0.39 is 15.4 Å². The average molecular weight is 426 g/mol. The van der Waals surface area contributed by atoms with Gasteiger partial charge in [-0.1, -0.05) is 20.8 Å². The van der Waals surface area contributed by atoms with Crippen LogP contribution in [0.4, 0.5) is 11.4 Å². The van der Waals surface area contributed by atoms with Gasteiger partial charge in [-0.25, -0.2) is 8.42 Å². The molecule has 0 radical (unpaired) electrons. The number of benzene rings is 1. The molecule has 1 aromatic rings. The Bertz CT molecular complexity index is 861. The highest BCUT2D eigenvalue weighted by Crippen LogP contribution is 2.30. The second kappa shape index (κ2) is 9.02. The van der Waals surface area contributed by atoms with Crippen molar-refractivity contribution >= 4 is 33.2 Å². The lowest BCUT2D eigenvalue weighted by molar-refractivity contribution is -0.142. The molecule has 0 aliphatic carbocycles. The predicted molar refractivity (Wildman–Crippen MR) is 113 cm³/mol. The van der Waals surface area contributed by atoms with Gasteiger partial charge in [-0.15, -0.1) is 0 Å². The van der Waals surface area contributed by atoms with E-state index in [0.29, 0.717) is 36.6 Å². The van der Waals surface area contributed by atoms with Gasteiger partial charge in [0.1, 0.15) is 5.75 Å². The van der Waals surface area contributed by atoms with Crippen molar-refractivity contribution in [2.75, 3.05) is 36.0 Å². The molecule has 2 rings (SSSR count). The van der Waals surface area contributed by atoms with E-state index >= 15 is 0 Å². The van der Waals surface area contributed by atoms with Crippen LogP contribution in [-0.4, -0.2) is 51.1 Å². The van der Waals surface area contributed by atoms with Gasteiger partial charge in [0.05, 0.1) is 24.5 Å². The summed E-state index contributed by atoms with van der Waals surface area (Å²) in [5.74, 6) is -0.156. The molecule has 0 saturated carbocycles. The first kappa shape index (κ1) is 23.0. The molecule has 0 aromatic heterocycles. The highest BCUT2D eigenvalue weighted by molar-refractivity contribution is 7.92. The first-order valence-corrected chi connectivity index (χ1v) is 11.4. The molecule has 2 amide bonds. The number of carbonyl (C=O) groups excluding carboxylic acids is 2. The highest BCUT2D eigenvalue weighted by atomic mass is 32.2. The average Bonchev–Trinajstić information content (AvgIpc) is 2.67. The molecule has 1 saturated heterocycles. The maximum Gasteiger partial charge on any atom is 0.232 e. The van der Waals surface area contributed by atoms with Crippen molar-refractivity contribution in [1.29, 1.82) is 0 Å². The summed E-state index contributed by atoms with van der Waals surface area (Å²) in [4.78, 5) is 27.0. The standard InChI is InChI=1S/C20H31N3O5S/c1-6-29(26,27)22-16-10-9-15(12-17(16)28-5)21-18(24)14-8-7-11-23(13-14)19(25)20(2,3)4/h9-10,12,14,22H,6-8,11,13H2,1-5H3,(H,21,24). The third-order valence-corrected chi connectivity index (χ3v) is 6.13. The minimum atomic E-state index is -3.44. The Labute approximate surface area is 173 Å². The number of likely N-dealkylation sites (tertiary alicyclic amines) is 1. The van der Waals surface area contributed by atoms with E-state index in [0.717, 1.165) is 6.42 Å². The maximum atomic E-state index is 12.7. The number of hydrogen-bond acceptors (Lipinski definition) is 5. The van der Waals surface area contributed by atoms with Crippen LogP contribution < -0.4 is 14.8 Å². The SMILES string of the molecule is CCS(=O)(=O)Nc1ccc(NC(=O)C2CCCN(C(=O)C(C)(C)C)C2)cc1OC. The predicted octanol–water partition coefficient (Wildman–Crippen LogP) is 2.68. The van der Waals surface area contributed by atoms with E-state index in [4.69, 9.17) is 4.74 Å². The van der Waals surface area contributed by atoms with Crippen molar-refractivity contribution in [3.8, 4) is 5.75 Å². The molecule has 1 unspecified atom stereocenters. The number of carbonyl (C=O) groups is 2. The summed E-state index contributed by atoms with van der Waals surface area (Å²) in [6.45, 7) is 8.23. The zero-order chi connectivity index (χ0) is 21.8. The summed E-state index contributed by atoms with van der Waals surface area (Å²) in [7, 11) is -2.01. The Balaban J connectivity index is 2.09. The van der Waals surface area contributed by atoms with Gasteiger partial charge in [0.2, 0.25) is 21.8 Å². The molecular weight excluding hydrogens is 394 g/mol. The van der Waals surface area contributed by atoms with Crippen LogP contribution in [0.1, 0.15) is 40.5 Å². The van der Waals surface area contributed by atoms with Crippen LogP contribution in [0.5, 0.6) is 5.75 Å². The number of anilines is 2. The zero-order valence-corrected chi connectivity index (χ0v) is 18.6. The number of piperidine rings is 1. The van der Waals surface area contributed by atoms with E-state index in [-0.39, 0.29) is 23.5 Å². The monoisotopic (exact) mass is 425 g/mol. The molecule has 1 aliphatic heterocycles. The quantitative estimate of drug-likeness (QED) is 0.729. The van der Waals surface area contributed by atoms with Crippen molar-refractivity contribution < 1.29 is 22.7 Å². The molecule has 8 nitrogen and oxygen atoms in total. The number of hydrogen-bond donors (Lipinski definition) is 2. The molecule has 2 N–H and O–H groups in total. The second-order valence-electron chi connectivity index (χ2n) is 8.25. The Hall–Kier alpha value is -2.29. The number of sulfonamides is 1. The summed E-state index contributed by atoms with van der Waals surface area (Å²) in [5, 5.41) is 2.85. The third-order valence-electron chi connectivity index (χ3n) is 4.84. The van der Waals surface area contributed by atoms with Gasteiger partial charge in [0.25, 0.3) is 0 Å². The summed E-state index contributed by atoms with van der Waals surface area (Å²) >= 11 is 0. The van der Waals surface area contributed by atoms with Crippen molar-refractivity contribution in [1.82, 2.24) is 4.90 Å². The molecule has 162 valence electrons. The van der Waals surface area contributed by atoms with Gasteiger partial charge in [-0.2, -0.15) is 0 Å². The largest absolute Gasteiger partial charge is 0.494 e. The third kappa shape index (κ3) is 6.09. The van der Waals surface area contributed by atoms with Gasteiger partial charge in [-0.05, 0) is 31.9 Å². The number of ether oxygens (including phenoxy) is 1. The molecule has 29 heavy (non-hydrogen) atoms. The molecule has 1 fully saturated rings. The van der Waals surface area contributed by atoms with Gasteiger partial charge in [-0.3, -0.25) is 14.3 Å². The number of nitrogens with zero attached hydrogens (tertiary/aromatic N) is 1. The summed E-state index contributed by atoms with van der Waals surface area (Å²) in [6.07, 6.45) is 1.49. The van der Waals surface area contributed by atoms with Crippen LogP contribution in [0, 0.1) is 11.3 Å². The van der Waals surface area contributed by atoms with Crippen LogP contribution >= 0.6 is 0 Å². The van der Waals surface area contributed by atoms with E-state index in [1.54, 1.807) is 30.0 Å². The van der Waals surface area contributed by atoms with E-state index in [1.807, 2.05) is 20.8 Å². The van der Waals surface area contributed by atoms with Crippen LogP contribution in [0.25, 0.3) is 0 Å². The highest BCUT2D eigenvalue weighted by Gasteiger charge is 2.33. The smallest absolute Gasteiger partial charge is 0.232 e. The molecule has 9 heteroatoms.